The van der Waals surface area contributed by atoms with E-state index in [1.807, 2.05) is 52.0 Å². The van der Waals surface area contributed by atoms with E-state index in [1.54, 1.807) is 29.3 Å². The minimum atomic E-state index is -0.531. The number of benzene rings is 1. The number of hydrogen-bond donors (Lipinski definition) is 3. The first-order valence-electron chi connectivity index (χ1n) is 12.9. The number of urea groups is 1. The van der Waals surface area contributed by atoms with Crippen LogP contribution >= 0.6 is 0 Å². The number of nitrogens with one attached hydrogen (secondary N) is 3. The highest BCUT2D eigenvalue weighted by Crippen LogP contribution is 2.29. The Balaban J connectivity index is 1.22. The highest BCUT2D eigenvalue weighted by Gasteiger charge is 2.25. The molecule has 0 fully saturated rings. The third-order valence-corrected chi connectivity index (χ3v) is 6.33. The highest BCUT2D eigenvalue weighted by atomic mass is 16.6. The van der Waals surface area contributed by atoms with E-state index in [1.165, 1.54) is 6.20 Å². The van der Waals surface area contributed by atoms with Crippen LogP contribution in [0.2, 0.25) is 0 Å². The Labute approximate surface area is 226 Å². The number of fused-ring (bicyclic) bond motifs is 3. The number of H-pyrrole nitrogens is 1. The lowest BCUT2D eigenvalue weighted by molar-refractivity contribution is 0.0258. The zero-order valence-corrected chi connectivity index (χ0v) is 22.5. The number of anilines is 2. The fourth-order valence-electron chi connectivity index (χ4n) is 4.49. The van der Waals surface area contributed by atoms with Gasteiger partial charge in [-0.2, -0.15) is 0 Å². The first-order valence-corrected chi connectivity index (χ1v) is 12.9. The smallest absolute Gasteiger partial charge is 0.410 e. The Morgan fingerprint density at radius 1 is 1.00 bits per heavy atom. The van der Waals surface area contributed by atoms with Gasteiger partial charge < -0.3 is 30.0 Å². The summed E-state index contributed by atoms with van der Waals surface area (Å²) in [5.41, 5.74) is 4.68. The molecule has 1 aromatic carbocycles. The maximum atomic E-state index is 12.7. The van der Waals surface area contributed by atoms with Crippen LogP contribution in [-0.4, -0.2) is 50.7 Å². The second-order valence-corrected chi connectivity index (χ2v) is 10.5. The first-order chi connectivity index (χ1) is 18.6. The van der Waals surface area contributed by atoms with Crippen LogP contribution in [0.4, 0.5) is 21.0 Å². The molecule has 0 unspecified atom stereocenters. The molecule has 0 saturated heterocycles. The van der Waals surface area contributed by atoms with Gasteiger partial charge >= 0.3 is 12.1 Å². The zero-order chi connectivity index (χ0) is 27.6. The maximum Gasteiger partial charge on any atom is 0.410 e. The molecular formula is C29H32N6O4. The van der Waals surface area contributed by atoms with Crippen molar-refractivity contribution in [3.63, 3.8) is 0 Å². The van der Waals surface area contributed by atoms with Gasteiger partial charge in [0.1, 0.15) is 5.60 Å². The second kappa shape index (κ2) is 10.6. The van der Waals surface area contributed by atoms with Gasteiger partial charge in [0.25, 0.3) is 0 Å². The molecule has 0 bridgehead atoms. The summed E-state index contributed by atoms with van der Waals surface area (Å²) in [6, 6.07) is 12.4. The van der Waals surface area contributed by atoms with Crippen molar-refractivity contribution in [1.29, 1.82) is 0 Å². The van der Waals surface area contributed by atoms with Crippen LogP contribution in [0.25, 0.3) is 10.9 Å². The maximum absolute atomic E-state index is 12.7. The lowest BCUT2D eigenvalue weighted by Crippen LogP contribution is -2.38. The monoisotopic (exact) mass is 528 g/mol. The Morgan fingerprint density at radius 3 is 2.51 bits per heavy atom. The van der Waals surface area contributed by atoms with Crippen molar-refractivity contribution < 1.29 is 19.1 Å². The summed E-state index contributed by atoms with van der Waals surface area (Å²) in [6.45, 7) is 8.62. The predicted molar refractivity (Wildman–Crippen MR) is 149 cm³/mol. The van der Waals surface area contributed by atoms with Gasteiger partial charge in [0.2, 0.25) is 5.88 Å². The van der Waals surface area contributed by atoms with Gasteiger partial charge in [-0.15, -0.1) is 0 Å². The summed E-state index contributed by atoms with van der Waals surface area (Å²) < 4.78 is 11.3. The molecule has 4 heterocycles. The van der Waals surface area contributed by atoms with E-state index < -0.39 is 5.60 Å². The van der Waals surface area contributed by atoms with Crippen LogP contribution in [0.15, 0.2) is 54.9 Å². The Bertz CT molecular complexity index is 1510. The number of ether oxygens (including phenoxy) is 2. The number of amides is 3. The van der Waals surface area contributed by atoms with E-state index in [-0.39, 0.29) is 12.1 Å². The molecule has 1 aliphatic rings. The topological polar surface area (TPSA) is 121 Å². The molecule has 0 saturated carbocycles. The molecule has 39 heavy (non-hydrogen) atoms. The number of carbonyl (C=O) groups is 2. The fraction of sp³-hybridized carbons (Fsp3) is 0.310. The van der Waals surface area contributed by atoms with E-state index in [0.29, 0.717) is 48.9 Å². The molecule has 3 N–H and O–H groups in total. The number of carbonyl (C=O) groups excluding carboxylic acids is 2. The van der Waals surface area contributed by atoms with Crippen molar-refractivity contribution in [2.45, 2.75) is 46.1 Å². The average Bonchev–Trinajstić information content (AvgIpc) is 3.07. The van der Waals surface area contributed by atoms with Gasteiger partial charge in [-0.05, 0) is 76.1 Å². The number of rotatable bonds is 4. The third kappa shape index (κ3) is 6.28. The number of aromatic nitrogens is 3. The normalized spacial score (nSPS) is 13.4. The number of aryl methyl sites for hydroxylation is 1. The summed E-state index contributed by atoms with van der Waals surface area (Å²) in [5, 5.41) is 6.72. The second-order valence-electron chi connectivity index (χ2n) is 10.5. The largest absolute Gasteiger partial charge is 0.444 e. The van der Waals surface area contributed by atoms with E-state index in [2.05, 4.69) is 25.6 Å². The fourth-order valence-corrected chi connectivity index (χ4v) is 4.49. The van der Waals surface area contributed by atoms with Gasteiger partial charge in [0, 0.05) is 54.1 Å². The number of aromatic amines is 1. The minimum absolute atomic E-state index is 0.294. The van der Waals surface area contributed by atoms with Crippen LogP contribution in [-0.2, 0) is 17.6 Å². The third-order valence-electron chi connectivity index (χ3n) is 6.33. The molecule has 5 rings (SSSR count). The molecular weight excluding hydrogens is 496 g/mol. The Kier molecular flexibility index (Phi) is 7.10. The standard InChI is InChI=1S/C29H32N6O4/c1-18-25(6-5-13-30-18)38-26-10-8-20(17-31-26)33-27(36)32-19-7-9-23-22(16-19)21-11-14-35(15-12-24(21)34-23)28(37)39-29(2,3)4/h5-10,13,16-17,34H,11-12,14-15H2,1-4H3,(H2,32,33,36). The highest BCUT2D eigenvalue weighted by molar-refractivity contribution is 6.01. The number of hydrogen-bond acceptors (Lipinski definition) is 6. The molecule has 10 heteroatoms. The predicted octanol–water partition coefficient (Wildman–Crippen LogP) is 6.04. The van der Waals surface area contributed by atoms with Gasteiger partial charge in [-0.1, -0.05) is 0 Å². The van der Waals surface area contributed by atoms with E-state index >= 15 is 0 Å². The molecule has 0 atom stereocenters. The Morgan fingerprint density at radius 2 is 1.77 bits per heavy atom. The molecule has 3 amide bonds. The molecule has 10 nitrogen and oxygen atoms in total. The van der Waals surface area contributed by atoms with Crippen LogP contribution in [0.5, 0.6) is 11.6 Å². The quantitative estimate of drug-likeness (QED) is 0.297. The molecule has 3 aromatic heterocycles. The van der Waals surface area contributed by atoms with E-state index in [9.17, 15) is 9.59 Å². The van der Waals surface area contributed by atoms with Gasteiger partial charge in [0.05, 0.1) is 17.6 Å². The van der Waals surface area contributed by atoms with Crippen molar-refractivity contribution in [3.8, 4) is 11.6 Å². The summed E-state index contributed by atoms with van der Waals surface area (Å²) in [6.07, 6.45) is 4.34. The summed E-state index contributed by atoms with van der Waals surface area (Å²) >= 11 is 0. The average molecular weight is 529 g/mol. The van der Waals surface area contributed by atoms with Gasteiger partial charge in [-0.3, -0.25) is 4.98 Å². The first kappa shape index (κ1) is 26.0. The molecule has 1 aliphatic heterocycles. The van der Waals surface area contributed by atoms with Crippen molar-refractivity contribution in [1.82, 2.24) is 19.9 Å². The summed E-state index contributed by atoms with van der Waals surface area (Å²) in [5.74, 6) is 1.03. The number of pyridine rings is 2. The molecule has 0 radical (unpaired) electrons. The summed E-state index contributed by atoms with van der Waals surface area (Å²) in [4.78, 5) is 39.0. The van der Waals surface area contributed by atoms with Crippen LogP contribution < -0.4 is 15.4 Å². The van der Waals surface area contributed by atoms with Crippen molar-refractivity contribution >= 4 is 34.4 Å². The van der Waals surface area contributed by atoms with E-state index in [0.717, 1.165) is 27.9 Å². The van der Waals surface area contributed by atoms with Gasteiger partial charge in [-0.25, -0.2) is 14.6 Å². The summed E-state index contributed by atoms with van der Waals surface area (Å²) in [7, 11) is 0. The SMILES string of the molecule is Cc1ncccc1Oc1ccc(NC(=O)Nc2ccc3[nH]c4c(c3c2)CCN(C(=O)OC(C)(C)C)CC4)cn1. The van der Waals surface area contributed by atoms with Crippen molar-refractivity contribution in [2.24, 2.45) is 0 Å². The zero-order valence-electron chi connectivity index (χ0n) is 22.5. The van der Waals surface area contributed by atoms with Crippen LogP contribution in [0, 0.1) is 6.92 Å². The van der Waals surface area contributed by atoms with Crippen LogP contribution in [0.1, 0.15) is 37.7 Å². The van der Waals surface area contributed by atoms with E-state index in [4.69, 9.17) is 9.47 Å². The van der Waals surface area contributed by atoms with Crippen molar-refractivity contribution in [2.75, 3.05) is 23.7 Å². The lowest BCUT2D eigenvalue weighted by atomic mass is 10.1. The Hall–Kier alpha value is -4.60. The van der Waals surface area contributed by atoms with Crippen molar-refractivity contribution in [3.05, 3.63) is 71.8 Å². The lowest BCUT2D eigenvalue weighted by Gasteiger charge is -2.26. The number of nitrogens with zero attached hydrogens (tertiary/aromatic N) is 3. The molecule has 202 valence electrons. The minimum Gasteiger partial charge on any atom is -0.444 e. The van der Waals surface area contributed by atoms with Gasteiger partial charge in [0.15, 0.2) is 5.75 Å². The molecule has 0 aliphatic carbocycles. The van der Waals surface area contributed by atoms with Crippen LogP contribution in [0.3, 0.4) is 0 Å². The molecule has 4 aromatic rings. The molecule has 0 spiro atoms.